The van der Waals surface area contributed by atoms with Crippen molar-refractivity contribution in [2.24, 2.45) is 5.92 Å². The van der Waals surface area contributed by atoms with Gasteiger partial charge in [0, 0.05) is 55.3 Å². The third kappa shape index (κ3) is 4.00. The maximum absolute atomic E-state index is 11.4. The minimum atomic E-state index is -0.744. The van der Waals surface area contributed by atoms with Gasteiger partial charge in [-0.1, -0.05) is 25.0 Å². The van der Waals surface area contributed by atoms with Gasteiger partial charge in [0.25, 0.3) is 0 Å². The van der Waals surface area contributed by atoms with Crippen LogP contribution in [0, 0.1) is 5.92 Å². The first-order valence-electron chi connectivity index (χ1n) is 8.90. The summed E-state index contributed by atoms with van der Waals surface area (Å²) < 4.78 is 0. The van der Waals surface area contributed by atoms with E-state index in [9.17, 15) is 5.11 Å². The molecule has 24 heavy (non-hydrogen) atoms. The molecular weight excluding hydrogens is 298 g/mol. The number of aliphatic hydroxyl groups is 1. The smallest absolute Gasteiger partial charge is 0.0951 e. The summed E-state index contributed by atoms with van der Waals surface area (Å²) >= 11 is 0. The number of pyridine rings is 2. The van der Waals surface area contributed by atoms with Crippen molar-refractivity contribution in [2.45, 2.75) is 37.7 Å². The van der Waals surface area contributed by atoms with Crippen molar-refractivity contribution in [2.75, 3.05) is 20.1 Å². The average molecular weight is 325 g/mol. The molecule has 0 aliphatic heterocycles. The van der Waals surface area contributed by atoms with Crippen LogP contribution in [-0.2, 0) is 12.0 Å². The van der Waals surface area contributed by atoms with Gasteiger partial charge in [0.15, 0.2) is 0 Å². The first kappa shape index (κ1) is 17.1. The summed E-state index contributed by atoms with van der Waals surface area (Å²) in [5, 5.41) is 11.4. The molecule has 1 N–H and O–H groups in total. The molecule has 4 nitrogen and oxygen atoms in total. The molecule has 3 rings (SSSR count). The number of aromatic nitrogens is 2. The monoisotopic (exact) mass is 325 g/mol. The number of rotatable bonds is 6. The van der Waals surface area contributed by atoms with Gasteiger partial charge in [-0.25, -0.2) is 0 Å². The van der Waals surface area contributed by atoms with E-state index >= 15 is 0 Å². The molecule has 1 fully saturated rings. The van der Waals surface area contributed by atoms with E-state index in [0.29, 0.717) is 0 Å². The average Bonchev–Trinajstić information content (AvgIpc) is 2.64. The summed E-state index contributed by atoms with van der Waals surface area (Å²) in [4.78, 5) is 10.9. The van der Waals surface area contributed by atoms with E-state index in [1.165, 1.54) is 6.42 Å². The van der Waals surface area contributed by atoms with Crippen molar-refractivity contribution in [1.82, 2.24) is 14.9 Å². The van der Waals surface area contributed by atoms with Crippen LogP contribution in [0.15, 0.2) is 48.9 Å². The van der Waals surface area contributed by atoms with E-state index in [1.54, 1.807) is 6.20 Å². The summed E-state index contributed by atoms with van der Waals surface area (Å²) in [6.45, 7) is 1.86. The molecule has 0 amide bonds. The highest BCUT2D eigenvalue weighted by atomic mass is 16.3. The molecule has 1 aliphatic carbocycles. The Morgan fingerprint density at radius 1 is 1.21 bits per heavy atom. The number of likely N-dealkylation sites (N-methyl/N-ethyl adjacent to an activating group) is 1. The van der Waals surface area contributed by atoms with Crippen molar-refractivity contribution in [3.63, 3.8) is 0 Å². The van der Waals surface area contributed by atoms with Gasteiger partial charge >= 0.3 is 0 Å². The van der Waals surface area contributed by atoms with Gasteiger partial charge in [-0.05, 0) is 38.1 Å². The highest BCUT2D eigenvalue weighted by Crippen LogP contribution is 2.41. The molecule has 1 aliphatic rings. The fraction of sp³-hybridized carbons (Fsp3) is 0.500. The van der Waals surface area contributed by atoms with E-state index < -0.39 is 5.60 Å². The molecule has 0 aromatic carbocycles. The molecule has 2 heterocycles. The zero-order valence-electron chi connectivity index (χ0n) is 14.4. The summed E-state index contributed by atoms with van der Waals surface area (Å²) in [5.41, 5.74) is 1.34. The standard InChI is InChI=1S/C20H27N3O/c1-23(14-10-19-9-3-5-13-22-19)16-18-7-2-4-11-20(18,24)17-8-6-12-21-15-17/h3,5-6,8-9,12-13,15,18,24H,2,4,7,10-11,14,16H2,1H3. The van der Waals surface area contributed by atoms with E-state index in [-0.39, 0.29) is 5.92 Å². The summed E-state index contributed by atoms with van der Waals surface area (Å²) in [6.07, 6.45) is 10.6. The summed E-state index contributed by atoms with van der Waals surface area (Å²) in [5.74, 6) is 0.254. The van der Waals surface area contributed by atoms with Crippen LogP contribution < -0.4 is 0 Å². The lowest BCUT2D eigenvalue weighted by Gasteiger charge is -2.42. The highest BCUT2D eigenvalue weighted by molar-refractivity contribution is 5.20. The SMILES string of the molecule is CN(CCc1ccccn1)CC1CCCCC1(O)c1cccnc1. The van der Waals surface area contributed by atoms with Crippen LogP contribution in [0.25, 0.3) is 0 Å². The molecule has 2 atom stereocenters. The second kappa shape index (κ2) is 7.86. The van der Waals surface area contributed by atoms with Crippen molar-refractivity contribution < 1.29 is 5.11 Å². The van der Waals surface area contributed by atoms with Gasteiger partial charge in [0.1, 0.15) is 0 Å². The van der Waals surface area contributed by atoms with Gasteiger partial charge in [-0.15, -0.1) is 0 Å². The number of nitrogens with zero attached hydrogens (tertiary/aromatic N) is 3. The lowest BCUT2D eigenvalue weighted by molar-refractivity contribution is -0.0637. The number of hydrogen-bond acceptors (Lipinski definition) is 4. The Kier molecular flexibility index (Phi) is 5.59. The lowest BCUT2D eigenvalue weighted by Crippen LogP contribution is -2.44. The van der Waals surface area contributed by atoms with Gasteiger partial charge in [-0.3, -0.25) is 9.97 Å². The van der Waals surface area contributed by atoms with E-state index in [0.717, 1.165) is 50.0 Å². The second-order valence-corrected chi connectivity index (χ2v) is 6.94. The highest BCUT2D eigenvalue weighted by Gasteiger charge is 2.40. The minimum absolute atomic E-state index is 0.254. The molecule has 128 valence electrons. The molecule has 4 heteroatoms. The van der Waals surface area contributed by atoms with Crippen LogP contribution in [0.1, 0.15) is 36.9 Å². The van der Waals surface area contributed by atoms with E-state index in [4.69, 9.17) is 0 Å². The fourth-order valence-electron chi connectivity index (χ4n) is 3.79. The van der Waals surface area contributed by atoms with Gasteiger partial charge < -0.3 is 10.0 Å². The molecule has 0 radical (unpaired) electrons. The van der Waals surface area contributed by atoms with Crippen molar-refractivity contribution >= 4 is 0 Å². The van der Waals surface area contributed by atoms with Crippen molar-refractivity contribution in [3.05, 3.63) is 60.2 Å². The summed E-state index contributed by atoms with van der Waals surface area (Å²) in [7, 11) is 2.14. The molecule has 1 saturated carbocycles. The second-order valence-electron chi connectivity index (χ2n) is 6.94. The maximum Gasteiger partial charge on any atom is 0.0951 e. The summed E-state index contributed by atoms with van der Waals surface area (Å²) in [6, 6.07) is 9.98. The number of hydrogen-bond donors (Lipinski definition) is 1. The fourth-order valence-corrected chi connectivity index (χ4v) is 3.79. The van der Waals surface area contributed by atoms with E-state index in [1.807, 2.05) is 36.7 Å². The Morgan fingerprint density at radius 2 is 2.12 bits per heavy atom. The van der Waals surface area contributed by atoms with Crippen molar-refractivity contribution in [3.8, 4) is 0 Å². The molecule has 2 unspecified atom stereocenters. The maximum atomic E-state index is 11.4. The Bertz CT molecular complexity index is 619. The van der Waals surface area contributed by atoms with Crippen molar-refractivity contribution in [1.29, 1.82) is 0 Å². The molecule has 0 bridgehead atoms. The molecule has 2 aromatic rings. The zero-order chi connectivity index (χ0) is 16.8. The van der Waals surface area contributed by atoms with Crippen LogP contribution in [-0.4, -0.2) is 40.1 Å². The largest absolute Gasteiger partial charge is 0.385 e. The zero-order valence-corrected chi connectivity index (χ0v) is 14.4. The Hall–Kier alpha value is -1.78. The predicted octanol–water partition coefficient (Wildman–Crippen LogP) is 3.03. The molecular formula is C20H27N3O. The first-order valence-corrected chi connectivity index (χ1v) is 8.90. The molecule has 0 spiro atoms. The van der Waals surface area contributed by atoms with Gasteiger partial charge in [-0.2, -0.15) is 0 Å². The van der Waals surface area contributed by atoms with Crippen LogP contribution >= 0.6 is 0 Å². The van der Waals surface area contributed by atoms with Crippen LogP contribution in [0.3, 0.4) is 0 Å². The normalized spacial score (nSPS) is 24.2. The lowest BCUT2D eigenvalue weighted by atomic mass is 9.71. The quantitative estimate of drug-likeness (QED) is 0.887. The molecule has 2 aromatic heterocycles. The van der Waals surface area contributed by atoms with Gasteiger partial charge in [0.05, 0.1) is 5.60 Å². The van der Waals surface area contributed by atoms with E-state index in [2.05, 4.69) is 28.0 Å². The first-order chi connectivity index (χ1) is 11.7. The third-order valence-corrected chi connectivity index (χ3v) is 5.21. The minimum Gasteiger partial charge on any atom is -0.385 e. The molecule has 0 saturated heterocycles. The Morgan fingerprint density at radius 3 is 2.88 bits per heavy atom. The Balaban J connectivity index is 1.63. The van der Waals surface area contributed by atoms with Gasteiger partial charge in [0.2, 0.25) is 0 Å². The predicted molar refractivity (Wildman–Crippen MR) is 95.5 cm³/mol. The third-order valence-electron chi connectivity index (χ3n) is 5.21. The van der Waals surface area contributed by atoms with Crippen LogP contribution in [0.5, 0.6) is 0 Å². The Labute approximate surface area is 144 Å². The van der Waals surface area contributed by atoms with Crippen LogP contribution in [0.2, 0.25) is 0 Å². The van der Waals surface area contributed by atoms with Crippen LogP contribution in [0.4, 0.5) is 0 Å². The topological polar surface area (TPSA) is 49.2 Å².